The van der Waals surface area contributed by atoms with E-state index in [4.69, 9.17) is 10.8 Å². The normalized spacial score (nSPS) is 16.1. The zero-order chi connectivity index (χ0) is 18.9. The van der Waals surface area contributed by atoms with Gasteiger partial charge in [-0.1, -0.05) is 13.8 Å². The van der Waals surface area contributed by atoms with Crippen LogP contribution in [0.4, 0.5) is 0 Å². The first-order chi connectivity index (χ1) is 11.1. The standard InChI is InChI=1S/C15H29N3O5S/c1-8(2)7-11(17-13(20)10(16)5-6-24-4)14(21)18-12(9(3)19)15(22)23/h8-12,19H,5-7,16H2,1-4H3,(H,17,20)(H,18,21)(H,22,23)/t9-,10+,11+,12+/m1/s1. The maximum absolute atomic E-state index is 12.3. The zero-order valence-corrected chi connectivity index (χ0v) is 15.4. The van der Waals surface area contributed by atoms with Crippen LogP contribution < -0.4 is 16.4 Å². The topological polar surface area (TPSA) is 142 Å². The van der Waals surface area contributed by atoms with Crippen molar-refractivity contribution in [1.82, 2.24) is 10.6 Å². The molecule has 0 aromatic carbocycles. The summed E-state index contributed by atoms with van der Waals surface area (Å²) >= 11 is 1.57. The SMILES string of the molecule is CSCC[C@H](N)C(=O)N[C@@H](CC(C)C)C(=O)N[C@H](C(=O)O)[C@@H](C)O. The Labute approximate surface area is 146 Å². The number of nitrogens with one attached hydrogen (secondary N) is 2. The average molecular weight is 363 g/mol. The maximum atomic E-state index is 12.3. The molecule has 0 saturated carbocycles. The third-order valence-corrected chi connectivity index (χ3v) is 4.00. The largest absolute Gasteiger partial charge is 0.480 e. The number of hydrogen-bond acceptors (Lipinski definition) is 6. The van der Waals surface area contributed by atoms with Crippen molar-refractivity contribution in [2.75, 3.05) is 12.0 Å². The van der Waals surface area contributed by atoms with Gasteiger partial charge in [0.2, 0.25) is 11.8 Å². The van der Waals surface area contributed by atoms with Crippen LogP contribution in [0.25, 0.3) is 0 Å². The molecule has 0 unspecified atom stereocenters. The fraction of sp³-hybridized carbons (Fsp3) is 0.800. The summed E-state index contributed by atoms with van der Waals surface area (Å²) in [7, 11) is 0. The highest BCUT2D eigenvalue weighted by Gasteiger charge is 2.30. The summed E-state index contributed by atoms with van der Waals surface area (Å²) in [5.41, 5.74) is 5.79. The van der Waals surface area contributed by atoms with Gasteiger partial charge in [0.05, 0.1) is 12.1 Å². The highest BCUT2D eigenvalue weighted by molar-refractivity contribution is 7.98. The van der Waals surface area contributed by atoms with E-state index in [-0.39, 0.29) is 5.92 Å². The van der Waals surface area contributed by atoms with Crippen molar-refractivity contribution in [3.63, 3.8) is 0 Å². The van der Waals surface area contributed by atoms with Crippen LogP contribution in [0, 0.1) is 5.92 Å². The summed E-state index contributed by atoms with van der Waals surface area (Å²) in [5.74, 6) is -1.63. The van der Waals surface area contributed by atoms with Crippen molar-refractivity contribution in [3.8, 4) is 0 Å². The Morgan fingerprint density at radius 3 is 2.12 bits per heavy atom. The molecule has 140 valence electrons. The molecule has 0 aromatic rings. The zero-order valence-electron chi connectivity index (χ0n) is 14.6. The second kappa shape index (κ2) is 11.3. The summed E-state index contributed by atoms with van der Waals surface area (Å²) in [6.07, 6.45) is 1.46. The van der Waals surface area contributed by atoms with Gasteiger partial charge in [-0.05, 0) is 37.7 Å². The molecular weight excluding hydrogens is 334 g/mol. The Bertz CT molecular complexity index is 431. The van der Waals surface area contributed by atoms with Crippen molar-refractivity contribution in [1.29, 1.82) is 0 Å². The average Bonchev–Trinajstić information content (AvgIpc) is 2.47. The van der Waals surface area contributed by atoms with Crippen molar-refractivity contribution in [2.24, 2.45) is 11.7 Å². The minimum Gasteiger partial charge on any atom is -0.480 e. The van der Waals surface area contributed by atoms with Gasteiger partial charge in [0.1, 0.15) is 6.04 Å². The van der Waals surface area contributed by atoms with Crippen LogP contribution in [-0.2, 0) is 14.4 Å². The number of carbonyl (C=O) groups excluding carboxylic acids is 2. The van der Waals surface area contributed by atoms with E-state index >= 15 is 0 Å². The molecule has 24 heavy (non-hydrogen) atoms. The van der Waals surface area contributed by atoms with Crippen LogP contribution in [-0.4, -0.2) is 64.2 Å². The summed E-state index contributed by atoms with van der Waals surface area (Å²) < 4.78 is 0. The van der Waals surface area contributed by atoms with E-state index < -0.39 is 42.0 Å². The van der Waals surface area contributed by atoms with E-state index in [0.29, 0.717) is 12.8 Å². The van der Waals surface area contributed by atoms with Gasteiger partial charge in [-0.2, -0.15) is 11.8 Å². The summed E-state index contributed by atoms with van der Waals surface area (Å²) in [6, 6.07) is -3.07. The number of aliphatic hydroxyl groups excluding tert-OH is 1. The first-order valence-electron chi connectivity index (χ1n) is 7.86. The summed E-state index contributed by atoms with van der Waals surface area (Å²) in [4.78, 5) is 35.5. The van der Waals surface area contributed by atoms with Gasteiger partial charge in [0, 0.05) is 0 Å². The number of thioether (sulfide) groups is 1. The van der Waals surface area contributed by atoms with Gasteiger partial charge in [-0.25, -0.2) is 4.79 Å². The second-order valence-corrected chi connectivity index (χ2v) is 7.13. The first kappa shape index (κ1) is 22.7. The monoisotopic (exact) mass is 363 g/mol. The number of carboxylic acid groups (broad SMARTS) is 1. The molecule has 8 nitrogen and oxygen atoms in total. The fourth-order valence-electron chi connectivity index (χ4n) is 2.00. The minimum atomic E-state index is -1.44. The van der Waals surface area contributed by atoms with Crippen LogP contribution in [0.15, 0.2) is 0 Å². The molecule has 0 aliphatic carbocycles. The van der Waals surface area contributed by atoms with E-state index in [0.717, 1.165) is 5.75 Å². The molecule has 0 aliphatic heterocycles. The molecule has 0 radical (unpaired) electrons. The van der Waals surface area contributed by atoms with Gasteiger partial charge >= 0.3 is 5.97 Å². The lowest BCUT2D eigenvalue weighted by atomic mass is 10.0. The molecule has 0 aliphatic rings. The van der Waals surface area contributed by atoms with Gasteiger partial charge < -0.3 is 26.6 Å². The van der Waals surface area contributed by atoms with E-state index in [2.05, 4.69) is 10.6 Å². The van der Waals surface area contributed by atoms with Crippen molar-refractivity contribution in [2.45, 2.75) is 57.8 Å². The Morgan fingerprint density at radius 1 is 1.12 bits per heavy atom. The second-order valence-electron chi connectivity index (χ2n) is 6.14. The number of aliphatic hydroxyl groups is 1. The summed E-state index contributed by atoms with van der Waals surface area (Å²) in [5, 5.41) is 23.3. The fourth-order valence-corrected chi connectivity index (χ4v) is 2.49. The molecule has 0 spiro atoms. The molecule has 2 amide bonds. The molecule has 9 heteroatoms. The molecule has 4 atom stereocenters. The van der Waals surface area contributed by atoms with Crippen LogP contribution in [0.3, 0.4) is 0 Å². The lowest BCUT2D eigenvalue weighted by Crippen LogP contribution is -2.56. The lowest BCUT2D eigenvalue weighted by molar-refractivity contribution is -0.145. The number of hydrogen-bond donors (Lipinski definition) is 5. The Kier molecular flexibility index (Phi) is 10.7. The molecule has 0 rings (SSSR count). The number of aliphatic carboxylic acids is 1. The van der Waals surface area contributed by atoms with Crippen LogP contribution >= 0.6 is 11.8 Å². The predicted octanol–water partition coefficient (Wildman–Crippen LogP) is -0.452. The lowest BCUT2D eigenvalue weighted by Gasteiger charge is -2.25. The molecular formula is C15H29N3O5S. The Balaban J connectivity index is 4.95. The Hall–Kier alpha value is -1.32. The number of rotatable bonds is 11. The third kappa shape index (κ3) is 8.51. The molecule has 0 aromatic heterocycles. The molecule has 6 N–H and O–H groups in total. The Morgan fingerprint density at radius 2 is 1.71 bits per heavy atom. The number of carbonyl (C=O) groups is 3. The quantitative estimate of drug-likeness (QED) is 0.334. The minimum absolute atomic E-state index is 0.0956. The van der Waals surface area contributed by atoms with Crippen LogP contribution in [0.5, 0.6) is 0 Å². The van der Waals surface area contributed by atoms with Crippen molar-refractivity contribution >= 4 is 29.5 Å². The number of nitrogens with two attached hydrogens (primary N) is 1. The van der Waals surface area contributed by atoms with E-state index in [9.17, 15) is 19.5 Å². The van der Waals surface area contributed by atoms with Crippen LogP contribution in [0.1, 0.15) is 33.6 Å². The molecule has 0 heterocycles. The number of amides is 2. The van der Waals surface area contributed by atoms with Crippen LogP contribution in [0.2, 0.25) is 0 Å². The summed E-state index contributed by atoms with van der Waals surface area (Å²) in [6.45, 7) is 5.03. The molecule has 0 fully saturated rings. The third-order valence-electron chi connectivity index (χ3n) is 3.36. The van der Waals surface area contributed by atoms with E-state index in [1.807, 2.05) is 20.1 Å². The predicted molar refractivity (Wildman–Crippen MR) is 93.6 cm³/mol. The molecule has 0 saturated heterocycles. The van der Waals surface area contributed by atoms with Gasteiger partial charge in [0.15, 0.2) is 6.04 Å². The van der Waals surface area contributed by atoms with Crippen molar-refractivity contribution < 1.29 is 24.6 Å². The maximum Gasteiger partial charge on any atom is 0.328 e. The smallest absolute Gasteiger partial charge is 0.328 e. The number of carboxylic acids is 1. The highest BCUT2D eigenvalue weighted by atomic mass is 32.2. The first-order valence-corrected chi connectivity index (χ1v) is 9.25. The van der Waals surface area contributed by atoms with Gasteiger partial charge in [0.25, 0.3) is 0 Å². The van der Waals surface area contributed by atoms with Crippen molar-refractivity contribution in [3.05, 3.63) is 0 Å². The van der Waals surface area contributed by atoms with E-state index in [1.165, 1.54) is 6.92 Å². The van der Waals surface area contributed by atoms with Gasteiger partial charge in [-0.15, -0.1) is 0 Å². The van der Waals surface area contributed by atoms with Gasteiger partial charge in [-0.3, -0.25) is 9.59 Å². The molecule has 0 bridgehead atoms. The van der Waals surface area contributed by atoms with E-state index in [1.54, 1.807) is 11.8 Å². The highest BCUT2D eigenvalue weighted by Crippen LogP contribution is 2.07.